The van der Waals surface area contributed by atoms with E-state index in [1.165, 1.54) is 0 Å². The van der Waals surface area contributed by atoms with Crippen molar-refractivity contribution in [2.24, 2.45) is 0 Å². The maximum absolute atomic E-state index is 13.2. The zero-order valence-electron chi connectivity index (χ0n) is 12.4. The topological polar surface area (TPSA) is 30.3 Å². The van der Waals surface area contributed by atoms with Crippen LogP contribution < -0.4 is 4.90 Å². The van der Waals surface area contributed by atoms with E-state index in [0.717, 1.165) is 16.9 Å². The third-order valence-corrected chi connectivity index (χ3v) is 3.80. The van der Waals surface area contributed by atoms with Crippen molar-refractivity contribution in [3.8, 4) is 6.07 Å². The quantitative estimate of drug-likeness (QED) is 0.855. The first-order valence-electron chi connectivity index (χ1n) is 6.87. The van der Waals surface area contributed by atoms with Crippen LogP contribution in [0.4, 0.5) is 14.5 Å². The minimum atomic E-state index is -2.56. The number of hydrogen-bond donors (Lipinski definition) is 0. The zero-order chi connectivity index (χ0) is 15.6. The van der Waals surface area contributed by atoms with Crippen LogP contribution in [0, 0.1) is 11.3 Å². The maximum Gasteiger partial charge on any atom is 0.251 e. The van der Waals surface area contributed by atoms with Gasteiger partial charge in [0.15, 0.2) is 0 Å². The molecule has 0 bridgehead atoms. The van der Waals surface area contributed by atoms with Crippen LogP contribution in [0.15, 0.2) is 24.8 Å². The summed E-state index contributed by atoms with van der Waals surface area (Å²) in [6, 6.07) is 7.46. The third kappa shape index (κ3) is 3.33. The second-order valence-corrected chi connectivity index (χ2v) is 5.53. The molecular formula is C16H19F2N3. The molecule has 3 nitrogen and oxygen atoms in total. The van der Waals surface area contributed by atoms with Gasteiger partial charge in [0.1, 0.15) is 0 Å². The minimum Gasteiger partial charge on any atom is -0.377 e. The molecule has 1 heterocycles. The van der Waals surface area contributed by atoms with Crippen LogP contribution in [0.3, 0.4) is 0 Å². The maximum atomic E-state index is 13.2. The molecule has 0 aromatic heterocycles. The number of alkyl halides is 2. The standard InChI is InChI=1S/C16H19F2N3/c1-12(21-8-6-16(17,18)7-9-21)14-5-4-13(11-19)10-15(14)20(2)3/h4-5,10H,1,6-9H2,2-3H3. The molecule has 0 saturated carbocycles. The van der Waals surface area contributed by atoms with E-state index in [-0.39, 0.29) is 12.8 Å². The van der Waals surface area contributed by atoms with Gasteiger partial charge in [-0.05, 0) is 18.2 Å². The summed E-state index contributed by atoms with van der Waals surface area (Å²) in [5, 5.41) is 8.99. The Hall–Kier alpha value is -2.09. The Labute approximate surface area is 124 Å². The fourth-order valence-corrected chi connectivity index (χ4v) is 2.49. The number of hydrogen-bond acceptors (Lipinski definition) is 3. The smallest absolute Gasteiger partial charge is 0.251 e. The molecule has 1 fully saturated rings. The molecule has 5 heteroatoms. The summed E-state index contributed by atoms with van der Waals surface area (Å²) < 4.78 is 26.5. The fraction of sp³-hybridized carbons (Fsp3) is 0.438. The highest BCUT2D eigenvalue weighted by atomic mass is 19.3. The summed E-state index contributed by atoms with van der Waals surface area (Å²) >= 11 is 0. The Morgan fingerprint density at radius 3 is 2.48 bits per heavy atom. The Bertz CT molecular complexity index is 578. The van der Waals surface area contributed by atoms with Gasteiger partial charge < -0.3 is 9.80 Å². The highest BCUT2D eigenvalue weighted by Gasteiger charge is 2.34. The van der Waals surface area contributed by atoms with E-state index in [2.05, 4.69) is 12.6 Å². The highest BCUT2D eigenvalue weighted by molar-refractivity contribution is 5.75. The molecule has 112 valence electrons. The van der Waals surface area contributed by atoms with E-state index in [9.17, 15) is 8.78 Å². The fourth-order valence-electron chi connectivity index (χ4n) is 2.49. The predicted molar refractivity (Wildman–Crippen MR) is 80.3 cm³/mol. The number of halogens is 2. The minimum absolute atomic E-state index is 0.139. The number of rotatable bonds is 3. The van der Waals surface area contributed by atoms with Gasteiger partial charge in [-0.25, -0.2) is 8.78 Å². The van der Waals surface area contributed by atoms with Crippen LogP contribution in [0.25, 0.3) is 5.70 Å². The summed E-state index contributed by atoms with van der Waals surface area (Å²) in [5.74, 6) is -2.56. The lowest BCUT2D eigenvalue weighted by Gasteiger charge is -2.35. The van der Waals surface area contributed by atoms with Crippen molar-refractivity contribution in [2.75, 3.05) is 32.1 Å². The van der Waals surface area contributed by atoms with Crippen LogP contribution in [-0.4, -0.2) is 38.0 Å². The van der Waals surface area contributed by atoms with E-state index in [0.29, 0.717) is 18.7 Å². The first-order valence-corrected chi connectivity index (χ1v) is 6.87. The van der Waals surface area contributed by atoms with Crippen molar-refractivity contribution in [3.05, 3.63) is 35.9 Å². The molecule has 0 atom stereocenters. The van der Waals surface area contributed by atoms with Gasteiger partial charge in [0.25, 0.3) is 5.92 Å². The van der Waals surface area contributed by atoms with Crippen LogP contribution in [0.2, 0.25) is 0 Å². The molecule has 1 aromatic carbocycles. The first-order chi connectivity index (χ1) is 9.84. The van der Waals surface area contributed by atoms with Crippen LogP contribution >= 0.6 is 0 Å². The predicted octanol–water partition coefficient (Wildman–Crippen LogP) is 3.33. The van der Waals surface area contributed by atoms with E-state index in [1.54, 1.807) is 12.1 Å². The highest BCUT2D eigenvalue weighted by Crippen LogP contribution is 2.34. The average molecular weight is 291 g/mol. The Balaban J connectivity index is 2.26. The van der Waals surface area contributed by atoms with Gasteiger partial charge in [0.2, 0.25) is 0 Å². The second-order valence-electron chi connectivity index (χ2n) is 5.53. The van der Waals surface area contributed by atoms with Crippen molar-refractivity contribution in [1.82, 2.24) is 4.90 Å². The molecule has 0 spiro atoms. The van der Waals surface area contributed by atoms with Crippen molar-refractivity contribution < 1.29 is 8.78 Å². The van der Waals surface area contributed by atoms with Gasteiger partial charge in [-0.2, -0.15) is 5.26 Å². The van der Waals surface area contributed by atoms with Crippen LogP contribution in [0.5, 0.6) is 0 Å². The van der Waals surface area contributed by atoms with Gasteiger partial charge in [-0.3, -0.25) is 0 Å². The SMILES string of the molecule is C=C(c1ccc(C#N)cc1N(C)C)N1CCC(F)(F)CC1. The monoisotopic (exact) mass is 291 g/mol. The van der Waals surface area contributed by atoms with Gasteiger partial charge >= 0.3 is 0 Å². The largest absolute Gasteiger partial charge is 0.377 e. The normalized spacial score (nSPS) is 17.2. The van der Waals surface area contributed by atoms with E-state index in [1.807, 2.05) is 30.0 Å². The lowest BCUT2D eigenvalue weighted by Crippen LogP contribution is -2.38. The molecule has 2 rings (SSSR count). The van der Waals surface area contributed by atoms with Gasteiger partial charge in [-0.1, -0.05) is 6.58 Å². The van der Waals surface area contributed by atoms with Gasteiger partial charge in [-0.15, -0.1) is 0 Å². The second kappa shape index (κ2) is 5.72. The third-order valence-electron chi connectivity index (χ3n) is 3.80. The molecule has 1 aromatic rings. The number of piperidine rings is 1. The van der Waals surface area contributed by atoms with Crippen molar-refractivity contribution in [1.29, 1.82) is 5.26 Å². The van der Waals surface area contributed by atoms with E-state index in [4.69, 9.17) is 5.26 Å². The van der Waals surface area contributed by atoms with Gasteiger partial charge in [0, 0.05) is 57.0 Å². The summed E-state index contributed by atoms with van der Waals surface area (Å²) in [5.41, 5.74) is 3.06. The molecule has 1 aliphatic rings. The Morgan fingerprint density at radius 2 is 1.95 bits per heavy atom. The first kappa shape index (κ1) is 15.3. The molecule has 1 saturated heterocycles. The number of nitrogens with zero attached hydrogens (tertiary/aromatic N) is 3. The molecule has 1 aliphatic heterocycles. The van der Waals surface area contributed by atoms with Gasteiger partial charge in [0.05, 0.1) is 11.6 Å². The Kier molecular flexibility index (Phi) is 4.17. The number of likely N-dealkylation sites (tertiary alicyclic amines) is 1. The Morgan fingerprint density at radius 1 is 1.33 bits per heavy atom. The van der Waals surface area contributed by atoms with E-state index < -0.39 is 5.92 Å². The van der Waals surface area contributed by atoms with Crippen LogP contribution in [-0.2, 0) is 0 Å². The molecule has 0 unspecified atom stereocenters. The molecule has 0 amide bonds. The van der Waals surface area contributed by atoms with E-state index >= 15 is 0 Å². The lowest BCUT2D eigenvalue weighted by atomic mass is 10.0. The summed E-state index contributed by atoms with van der Waals surface area (Å²) in [4.78, 5) is 3.80. The summed E-state index contributed by atoms with van der Waals surface area (Å²) in [6.07, 6.45) is -0.279. The molecule has 21 heavy (non-hydrogen) atoms. The molecular weight excluding hydrogens is 272 g/mol. The molecule has 0 radical (unpaired) electrons. The van der Waals surface area contributed by atoms with Crippen molar-refractivity contribution >= 4 is 11.4 Å². The number of nitriles is 1. The van der Waals surface area contributed by atoms with Crippen LogP contribution in [0.1, 0.15) is 24.0 Å². The number of benzene rings is 1. The molecule has 0 N–H and O–H groups in total. The summed E-state index contributed by atoms with van der Waals surface area (Å²) in [7, 11) is 3.77. The lowest BCUT2D eigenvalue weighted by molar-refractivity contribution is -0.0450. The van der Waals surface area contributed by atoms with Crippen molar-refractivity contribution in [2.45, 2.75) is 18.8 Å². The zero-order valence-corrected chi connectivity index (χ0v) is 12.4. The number of anilines is 1. The average Bonchev–Trinajstić information content (AvgIpc) is 2.45. The van der Waals surface area contributed by atoms with Crippen molar-refractivity contribution in [3.63, 3.8) is 0 Å². The summed E-state index contributed by atoms with van der Waals surface area (Å²) in [6.45, 7) is 4.67. The molecule has 0 aliphatic carbocycles.